The molecule has 6 aromatic rings. The molecule has 0 aliphatic carbocycles. The topological polar surface area (TPSA) is 115 Å². The summed E-state index contributed by atoms with van der Waals surface area (Å²) in [6.45, 7) is 4.71. The molecule has 0 amide bonds. The average Bonchev–Trinajstić information content (AvgIpc) is 3.76. The number of hydrogen-bond acceptors (Lipinski definition) is 8. The van der Waals surface area contributed by atoms with E-state index in [9.17, 15) is 4.39 Å². The van der Waals surface area contributed by atoms with Gasteiger partial charge < -0.3 is 15.2 Å². The number of aromatic nitrogens is 7. The predicted octanol–water partition coefficient (Wildman–Crippen LogP) is 5.33. The second-order valence-corrected chi connectivity index (χ2v) is 11.4. The molecular formula is C32H33FN10. The van der Waals surface area contributed by atoms with E-state index < -0.39 is 0 Å². The second-order valence-electron chi connectivity index (χ2n) is 11.4. The van der Waals surface area contributed by atoms with E-state index in [-0.39, 0.29) is 5.82 Å². The highest BCUT2D eigenvalue weighted by atomic mass is 19.1. The number of fused-ring (bicyclic) bond motifs is 2. The smallest absolute Gasteiger partial charge is 0.181 e. The number of likely N-dealkylation sites (tertiary alicyclic amines) is 1. The molecule has 1 aromatic carbocycles. The van der Waals surface area contributed by atoms with Crippen molar-refractivity contribution in [3.63, 3.8) is 0 Å². The quantitative estimate of drug-likeness (QED) is 0.212. The van der Waals surface area contributed by atoms with E-state index in [1.165, 1.54) is 30.5 Å². The molecule has 0 saturated carbocycles. The summed E-state index contributed by atoms with van der Waals surface area (Å²) in [5, 5.41) is 11.7. The molecule has 1 aliphatic heterocycles. The van der Waals surface area contributed by atoms with Crippen molar-refractivity contribution in [2.45, 2.75) is 19.4 Å². The number of benzene rings is 1. The van der Waals surface area contributed by atoms with E-state index in [1.807, 2.05) is 44.8 Å². The standard InChI is InChI=1S/C32H33FN10/c1-42(2)10-7-35-25-13-21(12-24(33)15-25)28-30-27(5-6-36-28)38-32(39-30)29-26-14-23(18-37-31(26)41-40-29)22-11-20(16-34-17-22)19-43-8-3-4-9-43/h5-6,11-18,35H,3-4,7-10,19H2,1-2H3,(H,38,39)(H,37,40,41). The monoisotopic (exact) mass is 576 g/mol. The fourth-order valence-corrected chi connectivity index (χ4v) is 5.69. The van der Waals surface area contributed by atoms with Crippen molar-refractivity contribution >= 4 is 27.8 Å². The number of imidazole rings is 1. The highest BCUT2D eigenvalue weighted by Crippen LogP contribution is 2.33. The molecule has 5 aromatic heterocycles. The number of rotatable bonds is 9. The molecule has 1 fully saturated rings. The summed E-state index contributed by atoms with van der Waals surface area (Å²) in [7, 11) is 4.01. The van der Waals surface area contributed by atoms with Gasteiger partial charge in [0.2, 0.25) is 0 Å². The Balaban J connectivity index is 1.22. The molecule has 0 bridgehead atoms. The van der Waals surface area contributed by atoms with Crippen LogP contribution in [0.5, 0.6) is 0 Å². The first-order valence-corrected chi connectivity index (χ1v) is 14.6. The molecule has 10 nitrogen and oxygen atoms in total. The first-order chi connectivity index (χ1) is 21.0. The largest absolute Gasteiger partial charge is 0.384 e. The van der Waals surface area contributed by atoms with Crippen molar-refractivity contribution in [1.82, 2.24) is 44.9 Å². The van der Waals surface area contributed by atoms with Gasteiger partial charge in [-0.1, -0.05) is 0 Å². The third kappa shape index (κ3) is 5.69. The summed E-state index contributed by atoms with van der Waals surface area (Å²) in [5.41, 5.74) is 7.85. The van der Waals surface area contributed by atoms with Crippen molar-refractivity contribution in [3.05, 3.63) is 72.6 Å². The molecule has 6 heterocycles. The molecule has 43 heavy (non-hydrogen) atoms. The van der Waals surface area contributed by atoms with Gasteiger partial charge in [-0.2, -0.15) is 5.10 Å². The van der Waals surface area contributed by atoms with E-state index in [2.05, 4.69) is 57.4 Å². The molecule has 7 rings (SSSR count). The summed E-state index contributed by atoms with van der Waals surface area (Å²) < 4.78 is 14.7. The summed E-state index contributed by atoms with van der Waals surface area (Å²) in [6.07, 6.45) is 9.87. The number of pyridine rings is 3. The fourth-order valence-electron chi connectivity index (χ4n) is 5.69. The number of aromatic amines is 2. The lowest BCUT2D eigenvalue weighted by Crippen LogP contribution is -2.20. The van der Waals surface area contributed by atoms with Crippen LogP contribution in [-0.2, 0) is 6.54 Å². The Morgan fingerprint density at radius 2 is 1.84 bits per heavy atom. The Kier molecular flexibility index (Phi) is 7.25. The van der Waals surface area contributed by atoms with E-state index in [0.717, 1.165) is 53.9 Å². The first kappa shape index (κ1) is 27.1. The van der Waals surface area contributed by atoms with Crippen LogP contribution < -0.4 is 5.32 Å². The van der Waals surface area contributed by atoms with Crippen LogP contribution in [0.15, 0.2) is 61.2 Å². The summed E-state index contributed by atoms with van der Waals surface area (Å²) in [6, 6.07) is 11.0. The van der Waals surface area contributed by atoms with Crippen molar-refractivity contribution in [3.8, 4) is 33.9 Å². The van der Waals surface area contributed by atoms with Crippen molar-refractivity contribution in [2.24, 2.45) is 0 Å². The second kappa shape index (κ2) is 11.5. The molecule has 3 N–H and O–H groups in total. The molecule has 0 atom stereocenters. The summed E-state index contributed by atoms with van der Waals surface area (Å²) >= 11 is 0. The Hall–Kier alpha value is -4.74. The number of nitrogens with one attached hydrogen (secondary N) is 3. The van der Waals surface area contributed by atoms with Gasteiger partial charge in [-0.3, -0.25) is 20.0 Å². The minimum absolute atomic E-state index is 0.337. The highest BCUT2D eigenvalue weighted by molar-refractivity contribution is 5.96. The van der Waals surface area contributed by atoms with Crippen LogP contribution >= 0.6 is 0 Å². The van der Waals surface area contributed by atoms with Crippen LogP contribution in [0, 0.1) is 5.82 Å². The number of H-pyrrole nitrogens is 2. The maximum absolute atomic E-state index is 14.7. The van der Waals surface area contributed by atoms with Crippen molar-refractivity contribution in [2.75, 3.05) is 45.6 Å². The number of anilines is 1. The molecule has 218 valence electrons. The van der Waals surface area contributed by atoms with Crippen LogP contribution in [0.1, 0.15) is 18.4 Å². The van der Waals surface area contributed by atoms with E-state index in [4.69, 9.17) is 4.98 Å². The van der Waals surface area contributed by atoms with Gasteiger partial charge in [-0.05, 0) is 82.0 Å². The highest BCUT2D eigenvalue weighted by Gasteiger charge is 2.18. The Labute approximate surface area is 248 Å². The van der Waals surface area contributed by atoms with Gasteiger partial charge in [0, 0.05) is 66.8 Å². The van der Waals surface area contributed by atoms with Gasteiger partial charge >= 0.3 is 0 Å². The van der Waals surface area contributed by atoms with Gasteiger partial charge in [-0.15, -0.1) is 0 Å². The lowest BCUT2D eigenvalue weighted by Gasteiger charge is -2.14. The van der Waals surface area contributed by atoms with Crippen molar-refractivity contribution < 1.29 is 4.39 Å². The van der Waals surface area contributed by atoms with Gasteiger partial charge in [-0.25, -0.2) is 14.4 Å². The zero-order valence-corrected chi connectivity index (χ0v) is 24.2. The van der Waals surface area contributed by atoms with E-state index in [1.54, 1.807) is 6.20 Å². The van der Waals surface area contributed by atoms with Crippen LogP contribution in [0.25, 0.3) is 56.0 Å². The van der Waals surface area contributed by atoms with Gasteiger partial charge in [0.15, 0.2) is 11.5 Å². The Bertz CT molecular complexity index is 1900. The maximum atomic E-state index is 14.7. The Morgan fingerprint density at radius 3 is 2.70 bits per heavy atom. The first-order valence-electron chi connectivity index (χ1n) is 14.6. The molecule has 0 spiro atoms. The maximum Gasteiger partial charge on any atom is 0.181 e. The third-order valence-electron chi connectivity index (χ3n) is 7.84. The minimum atomic E-state index is -0.337. The molecule has 11 heteroatoms. The number of likely N-dealkylation sites (N-methyl/N-ethyl adjacent to an activating group) is 1. The van der Waals surface area contributed by atoms with Crippen molar-refractivity contribution in [1.29, 1.82) is 0 Å². The molecular weight excluding hydrogens is 543 g/mol. The molecule has 0 unspecified atom stereocenters. The zero-order valence-electron chi connectivity index (χ0n) is 24.2. The zero-order chi connectivity index (χ0) is 29.3. The van der Waals surface area contributed by atoms with Crippen LogP contribution in [-0.4, -0.2) is 85.2 Å². The molecule has 0 radical (unpaired) electrons. The predicted molar refractivity (Wildman–Crippen MR) is 167 cm³/mol. The normalized spacial score (nSPS) is 14.0. The lowest BCUT2D eigenvalue weighted by molar-refractivity contribution is 0.331. The summed E-state index contributed by atoms with van der Waals surface area (Å²) in [5.74, 6) is 0.268. The number of nitrogens with zero attached hydrogens (tertiary/aromatic N) is 7. The van der Waals surface area contributed by atoms with Gasteiger partial charge in [0.25, 0.3) is 0 Å². The number of halogens is 1. The van der Waals surface area contributed by atoms with E-state index >= 15 is 0 Å². The fraction of sp³-hybridized carbons (Fsp3) is 0.281. The minimum Gasteiger partial charge on any atom is -0.384 e. The molecule has 1 aliphatic rings. The lowest BCUT2D eigenvalue weighted by atomic mass is 10.1. The molecule has 1 saturated heterocycles. The SMILES string of the molecule is CN(C)CCNc1cc(F)cc(-c2nccc3[nH]c(-c4[nH]nc5ncc(-c6cncc(CN7CCCC7)c6)cc45)nc23)c1. The third-order valence-corrected chi connectivity index (χ3v) is 7.84. The van der Waals surface area contributed by atoms with Crippen LogP contribution in [0.4, 0.5) is 10.1 Å². The Morgan fingerprint density at radius 1 is 0.977 bits per heavy atom. The number of hydrogen-bond donors (Lipinski definition) is 3. The van der Waals surface area contributed by atoms with Crippen LogP contribution in [0.3, 0.4) is 0 Å². The van der Waals surface area contributed by atoms with Gasteiger partial charge in [0.05, 0.1) is 16.6 Å². The van der Waals surface area contributed by atoms with Crippen LogP contribution in [0.2, 0.25) is 0 Å². The average molecular weight is 577 g/mol. The van der Waals surface area contributed by atoms with Gasteiger partial charge in [0.1, 0.15) is 17.0 Å². The summed E-state index contributed by atoms with van der Waals surface area (Å²) in [4.78, 5) is 26.6. The van der Waals surface area contributed by atoms with E-state index in [0.29, 0.717) is 40.5 Å².